The maximum Gasteiger partial charge on any atom is 0.417 e. The molecule has 1 aromatic carbocycles. The summed E-state index contributed by atoms with van der Waals surface area (Å²) in [6, 6.07) is 2.08. The molecule has 1 aliphatic rings. The number of nitrogens with one attached hydrogen (secondary N) is 1. The number of hydrogen-bond donors (Lipinski definition) is 2. The van der Waals surface area contributed by atoms with Crippen LogP contribution in [0.4, 0.5) is 17.6 Å². The first kappa shape index (κ1) is 17.9. The zero-order valence-electron chi connectivity index (χ0n) is 11.7. The standard InChI is InChI=1S/C13H9F4N3O3S/c14-7-2-1-6(8(3-7)13(15,16)17)5-18-20-12-19-11(23)9(24-12)4-10(21)22/h1-3,5,9H,4H2,(H,21,22)(H,19,20,23). The van der Waals surface area contributed by atoms with Gasteiger partial charge in [0.2, 0.25) is 5.91 Å². The van der Waals surface area contributed by atoms with Crippen molar-refractivity contribution >= 4 is 35.0 Å². The van der Waals surface area contributed by atoms with Gasteiger partial charge in [0.25, 0.3) is 0 Å². The van der Waals surface area contributed by atoms with Crippen molar-refractivity contribution in [3.05, 3.63) is 35.1 Å². The monoisotopic (exact) mass is 363 g/mol. The Bertz CT molecular complexity index is 734. The number of amides is 1. The minimum atomic E-state index is -4.76. The van der Waals surface area contributed by atoms with Crippen molar-refractivity contribution in [2.45, 2.75) is 17.8 Å². The number of benzene rings is 1. The van der Waals surface area contributed by atoms with E-state index in [4.69, 9.17) is 5.11 Å². The largest absolute Gasteiger partial charge is 0.481 e. The van der Waals surface area contributed by atoms with Crippen molar-refractivity contribution in [3.8, 4) is 0 Å². The van der Waals surface area contributed by atoms with Crippen LogP contribution in [0, 0.1) is 5.82 Å². The Morgan fingerprint density at radius 1 is 1.42 bits per heavy atom. The number of thioether (sulfide) groups is 1. The first-order valence-electron chi connectivity index (χ1n) is 6.34. The van der Waals surface area contributed by atoms with Gasteiger partial charge in [-0.25, -0.2) is 4.39 Å². The Hall–Kier alpha value is -2.43. The molecule has 1 aliphatic heterocycles. The zero-order valence-corrected chi connectivity index (χ0v) is 12.5. The van der Waals surface area contributed by atoms with E-state index in [9.17, 15) is 27.2 Å². The Kier molecular flexibility index (Phi) is 5.22. The second-order valence-corrected chi connectivity index (χ2v) is 5.76. The fraction of sp³-hybridized carbons (Fsp3) is 0.231. The van der Waals surface area contributed by atoms with E-state index in [0.29, 0.717) is 6.07 Å². The van der Waals surface area contributed by atoms with E-state index < -0.39 is 46.7 Å². The molecule has 0 bridgehead atoms. The van der Waals surface area contributed by atoms with Crippen LogP contribution in [0.5, 0.6) is 0 Å². The van der Waals surface area contributed by atoms with Crippen LogP contribution in [-0.4, -0.2) is 33.6 Å². The van der Waals surface area contributed by atoms with Gasteiger partial charge in [-0.05, 0) is 18.2 Å². The Morgan fingerprint density at radius 3 is 2.75 bits per heavy atom. The molecule has 0 spiro atoms. The van der Waals surface area contributed by atoms with Crippen molar-refractivity contribution in [3.63, 3.8) is 0 Å². The summed E-state index contributed by atoms with van der Waals surface area (Å²) in [5, 5.41) is 17.0. The summed E-state index contributed by atoms with van der Waals surface area (Å²) < 4.78 is 51.4. The second kappa shape index (κ2) is 6.99. The summed E-state index contributed by atoms with van der Waals surface area (Å²) in [6.07, 6.45) is -4.42. The summed E-state index contributed by atoms with van der Waals surface area (Å²) in [5.41, 5.74) is -1.61. The third-order valence-electron chi connectivity index (χ3n) is 2.80. The average Bonchev–Trinajstić information content (AvgIpc) is 2.79. The van der Waals surface area contributed by atoms with Gasteiger partial charge >= 0.3 is 12.1 Å². The molecule has 1 heterocycles. The first-order chi connectivity index (χ1) is 11.2. The predicted octanol–water partition coefficient (Wildman–Crippen LogP) is 2.24. The number of carboxylic acids is 1. The Morgan fingerprint density at radius 2 is 2.12 bits per heavy atom. The van der Waals surface area contributed by atoms with Gasteiger partial charge in [0.05, 0.1) is 18.2 Å². The number of halogens is 4. The number of alkyl halides is 3. The van der Waals surface area contributed by atoms with E-state index in [2.05, 4.69) is 15.5 Å². The highest BCUT2D eigenvalue weighted by molar-refractivity contribution is 8.15. The van der Waals surface area contributed by atoms with Crippen LogP contribution in [0.1, 0.15) is 17.5 Å². The fourth-order valence-corrected chi connectivity index (χ4v) is 2.69. The third-order valence-corrected chi connectivity index (χ3v) is 3.87. The lowest BCUT2D eigenvalue weighted by atomic mass is 10.1. The van der Waals surface area contributed by atoms with Crippen molar-refractivity contribution in [1.29, 1.82) is 0 Å². The molecule has 11 heteroatoms. The SMILES string of the molecule is O=C(O)CC1SC(=NN=Cc2ccc(F)cc2C(F)(F)F)NC1=O. The van der Waals surface area contributed by atoms with Crippen LogP contribution in [-0.2, 0) is 15.8 Å². The van der Waals surface area contributed by atoms with Gasteiger partial charge in [0.15, 0.2) is 5.17 Å². The number of carbonyl (C=O) groups is 2. The van der Waals surface area contributed by atoms with Crippen molar-refractivity contribution in [1.82, 2.24) is 5.32 Å². The number of amidine groups is 1. The van der Waals surface area contributed by atoms with Crippen LogP contribution < -0.4 is 5.32 Å². The molecule has 0 saturated carbocycles. The number of aliphatic carboxylic acids is 1. The Labute approximate surface area is 136 Å². The van der Waals surface area contributed by atoms with Gasteiger partial charge in [-0.1, -0.05) is 11.8 Å². The molecular formula is C13H9F4N3O3S. The highest BCUT2D eigenvalue weighted by Gasteiger charge is 2.34. The number of rotatable bonds is 4. The molecule has 0 aromatic heterocycles. The minimum absolute atomic E-state index is 0.0295. The van der Waals surface area contributed by atoms with Crippen LogP contribution in [0.3, 0.4) is 0 Å². The van der Waals surface area contributed by atoms with Crippen molar-refractivity contribution in [2.24, 2.45) is 10.2 Å². The summed E-state index contributed by atoms with van der Waals surface area (Å²) in [7, 11) is 0. The van der Waals surface area contributed by atoms with E-state index in [1.807, 2.05) is 0 Å². The molecular weight excluding hydrogens is 354 g/mol. The predicted molar refractivity (Wildman–Crippen MR) is 78.2 cm³/mol. The van der Waals surface area contributed by atoms with Crippen molar-refractivity contribution in [2.75, 3.05) is 0 Å². The number of carbonyl (C=O) groups excluding carboxylic acids is 1. The van der Waals surface area contributed by atoms with Gasteiger partial charge in [0.1, 0.15) is 11.1 Å². The highest BCUT2D eigenvalue weighted by atomic mass is 32.2. The van der Waals surface area contributed by atoms with Gasteiger partial charge < -0.3 is 10.4 Å². The van der Waals surface area contributed by atoms with Gasteiger partial charge in [0, 0.05) is 5.56 Å². The molecule has 0 aliphatic carbocycles. The minimum Gasteiger partial charge on any atom is -0.481 e. The zero-order chi connectivity index (χ0) is 17.9. The smallest absolute Gasteiger partial charge is 0.417 e. The molecule has 6 nitrogen and oxygen atoms in total. The molecule has 128 valence electrons. The molecule has 0 radical (unpaired) electrons. The molecule has 2 N–H and O–H groups in total. The number of nitrogens with zero attached hydrogens (tertiary/aromatic N) is 2. The van der Waals surface area contributed by atoms with Gasteiger partial charge in [-0.2, -0.15) is 18.3 Å². The number of carboxylic acid groups (broad SMARTS) is 1. The molecule has 1 saturated heterocycles. The second-order valence-electron chi connectivity index (χ2n) is 4.57. The summed E-state index contributed by atoms with van der Waals surface area (Å²) in [5.74, 6) is -2.79. The molecule has 24 heavy (non-hydrogen) atoms. The summed E-state index contributed by atoms with van der Waals surface area (Å²) in [4.78, 5) is 22.0. The van der Waals surface area contributed by atoms with Gasteiger partial charge in [-0.15, -0.1) is 5.10 Å². The number of hydrogen-bond acceptors (Lipinski definition) is 5. The van der Waals surface area contributed by atoms with Crippen LogP contribution in [0.2, 0.25) is 0 Å². The molecule has 1 amide bonds. The summed E-state index contributed by atoms with van der Waals surface area (Å²) >= 11 is 0.807. The molecule has 2 rings (SSSR count). The van der Waals surface area contributed by atoms with E-state index in [-0.39, 0.29) is 5.17 Å². The molecule has 1 unspecified atom stereocenters. The van der Waals surface area contributed by atoms with E-state index in [1.54, 1.807) is 0 Å². The van der Waals surface area contributed by atoms with E-state index in [1.165, 1.54) is 0 Å². The van der Waals surface area contributed by atoms with Crippen LogP contribution in [0.25, 0.3) is 0 Å². The maximum absolute atomic E-state index is 13.0. The van der Waals surface area contributed by atoms with Crippen LogP contribution >= 0.6 is 11.8 Å². The van der Waals surface area contributed by atoms with Crippen molar-refractivity contribution < 1.29 is 32.3 Å². The average molecular weight is 363 g/mol. The van der Waals surface area contributed by atoms with E-state index >= 15 is 0 Å². The topological polar surface area (TPSA) is 91.1 Å². The lowest BCUT2D eigenvalue weighted by molar-refractivity contribution is -0.138. The third kappa shape index (κ3) is 4.54. The van der Waals surface area contributed by atoms with E-state index in [0.717, 1.165) is 30.1 Å². The fourth-order valence-electron chi connectivity index (χ4n) is 1.78. The first-order valence-corrected chi connectivity index (χ1v) is 7.22. The highest BCUT2D eigenvalue weighted by Crippen LogP contribution is 2.32. The quantitative estimate of drug-likeness (QED) is 0.488. The summed E-state index contributed by atoms with van der Waals surface area (Å²) in [6.45, 7) is 0. The maximum atomic E-state index is 13.0. The van der Waals surface area contributed by atoms with Crippen LogP contribution in [0.15, 0.2) is 28.4 Å². The lowest BCUT2D eigenvalue weighted by Gasteiger charge is -2.09. The molecule has 1 fully saturated rings. The lowest BCUT2D eigenvalue weighted by Crippen LogP contribution is -2.26. The normalized spacial score (nSPS) is 19.9. The molecule has 1 atom stereocenters. The molecule has 1 aromatic rings. The Balaban J connectivity index is 2.15. The van der Waals surface area contributed by atoms with Gasteiger partial charge in [-0.3, -0.25) is 9.59 Å².